The van der Waals surface area contributed by atoms with Crippen LogP contribution in [0.1, 0.15) is 10.4 Å². The van der Waals surface area contributed by atoms with Gasteiger partial charge in [-0.3, -0.25) is 4.79 Å². The summed E-state index contributed by atoms with van der Waals surface area (Å²) in [5, 5.41) is 14.4. The molecule has 1 aromatic carbocycles. The standard InChI is InChI=1S/C12H13BrN2O3/c1-2-5-14-7-11(16)15-8-3-4-10(13)9(6-8)12(17)18/h2-4,6,14H,1,5,7H2,(H,15,16)(H,17,18). The first kappa shape index (κ1) is 14.4. The molecule has 3 N–H and O–H groups in total. The van der Waals surface area contributed by atoms with Crippen molar-refractivity contribution >= 4 is 33.5 Å². The second kappa shape index (κ2) is 6.93. The summed E-state index contributed by atoms with van der Waals surface area (Å²) in [5.74, 6) is -1.29. The lowest BCUT2D eigenvalue weighted by Gasteiger charge is -2.07. The minimum Gasteiger partial charge on any atom is -0.478 e. The highest BCUT2D eigenvalue weighted by Gasteiger charge is 2.10. The Morgan fingerprint density at radius 3 is 2.78 bits per heavy atom. The number of aromatic carboxylic acids is 1. The minimum atomic E-state index is -1.05. The predicted octanol–water partition coefficient (Wildman–Crippen LogP) is 1.86. The Kier molecular flexibility index (Phi) is 5.54. The zero-order chi connectivity index (χ0) is 13.5. The first-order valence-electron chi connectivity index (χ1n) is 5.19. The van der Waals surface area contributed by atoms with Gasteiger partial charge in [0.2, 0.25) is 5.91 Å². The van der Waals surface area contributed by atoms with E-state index in [1.54, 1.807) is 18.2 Å². The van der Waals surface area contributed by atoms with E-state index in [9.17, 15) is 9.59 Å². The second-order valence-corrected chi connectivity index (χ2v) is 4.32. The van der Waals surface area contributed by atoms with Gasteiger partial charge in [0, 0.05) is 16.7 Å². The Morgan fingerprint density at radius 2 is 2.17 bits per heavy atom. The molecule has 0 saturated heterocycles. The average Bonchev–Trinajstić information content (AvgIpc) is 2.31. The molecule has 1 aromatic rings. The largest absolute Gasteiger partial charge is 0.478 e. The lowest BCUT2D eigenvalue weighted by Crippen LogP contribution is -2.28. The molecule has 0 aliphatic rings. The second-order valence-electron chi connectivity index (χ2n) is 3.47. The van der Waals surface area contributed by atoms with Crippen LogP contribution in [0.3, 0.4) is 0 Å². The Morgan fingerprint density at radius 1 is 1.44 bits per heavy atom. The highest BCUT2D eigenvalue weighted by atomic mass is 79.9. The van der Waals surface area contributed by atoms with E-state index in [4.69, 9.17) is 5.11 Å². The molecule has 0 fully saturated rings. The molecule has 0 heterocycles. The molecule has 0 unspecified atom stereocenters. The van der Waals surface area contributed by atoms with Crippen molar-refractivity contribution in [3.05, 3.63) is 40.9 Å². The summed E-state index contributed by atoms with van der Waals surface area (Å²) >= 11 is 3.13. The molecule has 0 bridgehead atoms. The van der Waals surface area contributed by atoms with Crippen LogP contribution in [0.15, 0.2) is 35.3 Å². The maximum Gasteiger partial charge on any atom is 0.336 e. The van der Waals surface area contributed by atoms with Gasteiger partial charge in [0.25, 0.3) is 0 Å². The average molecular weight is 313 g/mol. The number of carboxylic acid groups (broad SMARTS) is 1. The first-order valence-corrected chi connectivity index (χ1v) is 5.98. The number of carboxylic acids is 1. The van der Waals surface area contributed by atoms with Gasteiger partial charge in [-0.25, -0.2) is 4.79 Å². The smallest absolute Gasteiger partial charge is 0.336 e. The molecule has 96 valence electrons. The van der Waals surface area contributed by atoms with Crippen molar-refractivity contribution in [2.24, 2.45) is 0 Å². The van der Waals surface area contributed by atoms with Crippen LogP contribution in [-0.4, -0.2) is 30.1 Å². The van der Waals surface area contributed by atoms with Gasteiger partial charge in [0.05, 0.1) is 12.1 Å². The third-order valence-electron chi connectivity index (χ3n) is 2.05. The number of hydrogen-bond donors (Lipinski definition) is 3. The van der Waals surface area contributed by atoms with Crippen LogP contribution < -0.4 is 10.6 Å². The topological polar surface area (TPSA) is 78.4 Å². The summed E-state index contributed by atoms with van der Waals surface area (Å²) in [7, 11) is 0. The Labute approximate surface area is 113 Å². The molecule has 0 aromatic heterocycles. The van der Waals surface area contributed by atoms with Gasteiger partial charge in [-0.05, 0) is 34.1 Å². The number of hydrogen-bond acceptors (Lipinski definition) is 3. The van der Waals surface area contributed by atoms with Crippen LogP contribution in [-0.2, 0) is 4.79 Å². The summed E-state index contributed by atoms with van der Waals surface area (Å²) in [6.45, 7) is 4.20. The number of nitrogens with one attached hydrogen (secondary N) is 2. The van der Waals surface area contributed by atoms with Crippen LogP contribution in [0.2, 0.25) is 0 Å². The zero-order valence-corrected chi connectivity index (χ0v) is 11.2. The number of anilines is 1. The van der Waals surface area contributed by atoms with E-state index in [0.717, 1.165) is 0 Å². The maximum atomic E-state index is 11.5. The number of carbonyl (C=O) groups is 2. The van der Waals surface area contributed by atoms with Crippen LogP contribution in [0.5, 0.6) is 0 Å². The summed E-state index contributed by atoms with van der Waals surface area (Å²) in [6.07, 6.45) is 1.65. The van der Waals surface area contributed by atoms with Gasteiger partial charge in [0.1, 0.15) is 0 Å². The fourth-order valence-corrected chi connectivity index (χ4v) is 1.68. The minimum absolute atomic E-state index is 0.104. The molecule has 0 radical (unpaired) electrons. The number of halogens is 1. The third-order valence-corrected chi connectivity index (χ3v) is 2.75. The SMILES string of the molecule is C=CCNCC(=O)Nc1ccc(Br)c(C(=O)O)c1. The lowest BCUT2D eigenvalue weighted by atomic mass is 10.2. The molecule has 0 spiro atoms. The Bertz CT molecular complexity index is 474. The molecular weight excluding hydrogens is 300 g/mol. The van der Waals surface area contributed by atoms with Gasteiger partial charge in [-0.2, -0.15) is 0 Å². The van der Waals surface area contributed by atoms with Crippen molar-refractivity contribution in [2.75, 3.05) is 18.4 Å². The fraction of sp³-hybridized carbons (Fsp3) is 0.167. The summed E-state index contributed by atoms with van der Waals surface area (Å²) < 4.78 is 0.470. The van der Waals surface area contributed by atoms with E-state index >= 15 is 0 Å². The third kappa shape index (κ3) is 4.31. The van der Waals surface area contributed by atoms with Crippen molar-refractivity contribution in [3.8, 4) is 0 Å². The van der Waals surface area contributed by atoms with Crippen molar-refractivity contribution in [1.82, 2.24) is 5.32 Å². The monoisotopic (exact) mass is 312 g/mol. The Balaban J connectivity index is 2.67. The van der Waals surface area contributed by atoms with Gasteiger partial charge in [-0.15, -0.1) is 6.58 Å². The predicted molar refractivity (Wildman–Crippen MR) is 72.8 cm³/mol. The van der Waals surface area contributed by atoms with E-state index in [1.807, 2.05) is 0 Å². The highest BCUT2D eigenvalue weighted by molar-refractivity contribution is 9.10. The van der Waals surface area contributed by atoms with Crippen LogP contribution in [0.25, 0.3) is 0 Å². The number of benzene rings is 1. The maximum absolute atomic E-state index is 11.5. The van der Waals surface area contributed by atoms with Crippen molar-refractivity contribution < 1.29 is 14.7 Å². The molecule has 0 atom stereocenters. The molecular formula is C12H13BrN2O3. The van der Waals surface area contributed by atoms with Crippen LogP contribution >= 0.6 is 15.9 Å². The molecule has 18 heavy (non-hydrogen) atoms. The molecule has 0 aliphatic carbocycles. The molecule has 5 nitrogen and oxygen atoms in total. The van der Waals surface area contributed by atoms with Crippen LogP contribution in [0, 0.1) is 0 Å². The molecule has 1 amide bonds. The quantitative estimate of drug-likeness (QED) is 0.553. The summed E-state index contributed by atoms with van der Waals surface area (Å²) in [5.41, 5.74) is 0.549. The van der Waals surface area contributed by atoms with E-state index < -0.39 is 5.97 Å². The van der Waals surface area contributed by atoms with Crippen LogP contribution in [0.4, 0.5) is 5.69 Å². The van der Waals surface area contributed by atoms with E-state index in [-0.39, 0.29) is 18.0 Å². The lowest BCUT2D eigenvalue weighted by molar-refractivity contribution is -0.115. The summed E-state index contributed by atoms with van der Waals surface area (Å²) in [6, 6.07) is 4.61. The van der Waals surface area contributed by atoms with E-state index in [0.29, 0.717) is 16.7 Å². The number of amides is 1. The molecule has 0 aliphatic heterocycles. The molecule has 6 heteroatoms. The van der Waals surface area contributed by atoms with Gasteiger partial charge >= 0.3 is 5.97 Å². The van der Waals surface area contributed by atoms with Crippen molar-refractivity contribution in [3.63, 3.8) is 0 Å². The molecule has 0 saturated carbocycles. The van der Waals surface area contributed by atoms with Crippen molar-refractivity contribution in [2.45, 2.75) is 0 Å². The fourth-order valence-electron chi connectivity index (χ4n) is 1.26. The van der Waals surface area contributed by atoms with Gasteiger partial charge < -0.3 is 15.7 Å². The molecule has 1 rings (SSSR count). The number of rotatable bonds is 6. The summed E-state index contributed by atoms with van der Waals surface area (Å²) in [4.78, 5) is 22.4. The van der Waals surface area contributed by atoms with E-state index in [1.165, 1.54) is 6.07 Å². The highest BCUT2D eigenvalue weighted by Crippen LogP contribution is 2.21. The Hall–Kier alpha value is -1.66. The van der Waals surface area contributed by atoms with Crippen molar-refractivity contribution in [1.29, 1.82) is 0 Å². The normalized spacial score (nSPS) is 9.83. The number of carbonyl (C=O) groups excluding carboxylic acids is 1. The zero-order valence-electron chi connectivity index (χ0n) is 9.57. The van der Waals surface area contributed by atoms with E-state index in [2.05, 4.69) is 33.1 Å². The van der Waals surface area contributed by atoms with Gasteiger partial charge in [-0.1, -0.05) is 6.08 Å². The van der Waals surface area contributed by atoms with Gasteiger partial charge in [0.15, 0.2) is 0 Å². The first-order chi connectivity index (χ1) is 8.54.